The molecule has 0 aliphatic heterocycles. The number of benzene rings is 3. The van der Waals surface area contributed by atoms with Crippen LogP contribution >= 0.6 is 49.9 Å². The second kappa shape index (κ2) is 25.0. The summed E-state index contributed by atoms with van der Waals surface area (Å²) in [5.74, 6) is -3.63. The van der Waals surface area contributed by atoms with Crippen LogP contribution in [0.5, 0.6) is 17.2 Å². The highest BCUT2D eigenvalue weighted by atomic mass is 79.9. The number of methoxy groups -OCH3 is 2. The molecule has 3 heterocycles. The van der Waals surface area contributed by atoms with Crippen molar-refractivity contribution in [3.8, 4) is 48.6 Å². The van der Waals surface area contributed by atoms with E-state index in [2.05, 4.69) is 15.9 Å². The fraction of sp³-hybridized carbons (Fsp3) is 0.265. The molecule has 0 fully saturated rings. The summed E-state index contributed by atoms with van der Waals surface area (Å²) < 4.78 is 36.7. The predicted molar refractivity (Wildman–Crippen MR) is 262 cm³/mol. The number of carboxylic acids is 2. The fourth-order valence-electron chi connectivity index (χ4n) is 5.51. The lowest BCUT2D eigenvalue weighted by molar-refractivity contribution is -0.158. The maximum atomic E-state index is 12.1. The molecule has 3 aromatic carbocycles. The number of carbonyl (C=O) groups is 6. The Labute approximate surface area is 413 Å². The van der Waals surface area contributed by atoms with Crippen molar-refractivity contribution in [1.29, 1.82) is 0 Å². The van der Waals surface area contributed by atoms with Gasteiger partial charge in [0.05, 0.1) is 23.6 Å². The van der Waals surface area contributed by atoms with E-state index in [1.165, 1.54) is 36.9 Å². The molecule has 360 valence electrons. The number of halogens is 1. The van der Waals surface area contributed by atoms with E-state index in [1.54, 1.807) is 53.7 Å². The molecule has 0 aliphatic carbocycles. The third-order valence-electron chi connectivity index (χ3n) is 8.16. The third-order valence-corrected chi connectivity index (χ3v) is 12.7. The first-order valence-electron chi connectivity index (χ1n) is 20.3. The van der Waals surface area contributed by atoms with Crippen LogP contribution < -0.4 is 14.2 Å². The highest BCUT2D eigenvalue weighted by molar-refractivity contribution is 9.10. The van der Waals surface area contributed by atoms with Gasteiger partial charge in [0.15, 0.2) is 40.2 Å². The van der Waals surface area contributed by atoms with E-state index in [0.717, 1.165) is 42.7 Å². The number of carbonyl (C=O) groups excluding carboxylic acids is 4. The molecule has 0 spiro atoms. The maximum absolute atomic E-state index is 12.1. The van der Waals surface area contributed by atoms with Gasteiger partial charge in [0, 0.05) is 9.75 Å². The first-order chi connectivity index (χ1) is 32.1. The molecule has 0 radical (unpaired) electrons. The summed E-state index contributed by atoms with van der Waals surface area (Å²) >= 11 is 7.02. The molecule has 0 atom stereocenters. The van der Waals surface area contributed by atoms with Crippen molar-refractivity contribution in [3.05, 3.63) is 122 Å². The zero-order valence-electron chi connectivity index (χ0n) is 38.2. The van der Waals surface area contributed by atoms with Crippen LogP contribution in [0.25, 0.3) is 31.3 Å². The summed E-state index contributed by atoms with van der Waals surface area (Å²) in [7, 11) is 2.61. The van der Waals surface area contributed by atoms with Crippen molar-refractivity contribution in [2.75, 3.05) is 34.0 Å². The number of rotatable bonds is 15. The first-order valence-corrected chi connectivity index (χ1v) is 23.5. The van der Waals surface area contributed by atoms with Gasteiger partial charge in [-0.15, -0.1) is 34.0 Å². The van der Waals surface area contributed by atoms with E-state index in [1.807, 2.05) is 91.0 Å². The molecular weight excluding hydrogens is 1000 g/mol. The van der Waals surface area contributed by atoms with Gasteiger partial charge in [0.2, 0.25) is 0 Å². The SMILES string of the molecule is COC(=O)c1sc(-c2ccccc2)c(Br)c1OCC(=O)OC(C)(C)C.COC(=O)c1sc(-c2ccccc2)cc1OCC(=O)OC(C)(C)C.O=C(O)COc1cc(-c2ccccc2)sc1C(=O)O. The molecule has 0 amide bonds. The zero-order valence-corrected chi connectivity index (χ0v) is 42.3. The zero-order chi connectivity index (χ0) is 50.2. The molecule has 0 bridgehead atoms. The molecule has 68 heavy (non-hydrogen) atoms. The minimum absolute atomic E-state index is 0.0000954. The van der Waals surface area contributed by atoms with Crippen molar-refractivity contribution in [2.24, 2.45) is 0 Å². The topological polar surface area (TPSA) is 207 Å². The first kappa shape index (κ1) is 54.1. The summed E-state index contributed by atoms with van der Waals surface area (Å²) in [5, 5.41) is 17.6. The van der Waals surface area contributed by atoms with Crippen molar-refractivity contribution in [1.82, 2.24) is 0 Å². The highest BCUT2D eigenvalue weighted by Gasteiger charge is 2.27. The molecular formula is C49H49BrO15S3. The van der Waals surface area contributed by atoms with Gasteiger partial charge >= 0.3 is 35.8 Å². The Kier molecular flexibility index (Phi) is 19.9. The van der Waals surface area contributed by atoms with Gasteiger partial charge < -0.3 is 43.4 Å². The Morgan fingerprint density at radius 1 is 0.529 bits per heavy atom. The number of thiophene rings is 3. The predicted octanol–water partition coefficient (Wildman–Crippen LogP) is 11.2. The van der Waals surface area contributed by atoms with Crippen LogP contribution in [0, 0.1) is 0 Å². The lowest BCUT2D eigenvalue weighted by Crippen LogP contribution is -2.27. The second-order valence-corrected chi connectivity index (χ2v) is 19.7. The van der Waals surface area contributed by atoms with Crippen LogP contribution in [-0.2, 0) is 33.3 Å². The van der Waals surface area contributed by atoms with Crippen molar-refractivity contribution >= 4 is 85.8 Å². The molecule has 0 unspecified atom stereocenters. The average molecular weight is 1050 g/mol. The minimum Gasteiger partial charge on any atom is -0.480 e. The highest BCUT2D eigenvalue weighted by Crippen LogP contribution is 2.46. The number of aromatic carboxylic acids is 1. The van der Waals surface area contributed by atoms with Gasteiger partial charge in [-0.1, -0.05) is 91.0 Å². The van der Waals surface area contributed by atoms with Gasteiger partial charge in [-0.2, -0.15) is 0 Å². The van der Waals surface area contributed by atoms with Gasteiger partial charge in [0.25, 0.3) is 0 Å². The van der Waals surface area contributed by atoms with Crippen LogP contribution in [0.2, 0.25) is 0 Å². The van der Waals surface area contributed by atoms with E-state index >= 15 is 0 Å². The standard InChI is InChI=1S/C18H19BrO5S.C18H20O5S.C13H10O5S/c1-18(2,3)24-12(20)10-23-14-13(19)15(11-8-6-5-7-9-11)25-16(14)17(21)22-4;1-18(2,3)23-15(19)11-22-13-10-14(12-8-6-5-7-9-12)24-16(13)17(20)21-4;14-11(15)7-18-9-6-10(19-12(9)13(16)17)8-4-2-1-3-5-8/h5-9H,10H2,1-4H3;5-10H,11H2,1-4H3;1-6H,7H2,(H,14,15)(H,16,17). The van der Waals surface area contributed by atoms with Crippen LogP contribution in [0.3, 0.4) is 0 Å². The number of hydrogen-bond acceptors (Lipinski definition) is 16. The van der Waals surface area contributed by atoms with E-state index in [0.29, 0.717) is 15.1 Å². The average Bonchev–Trinajstić information content (AvgIpc) is 4.02. The molecule has 0 saturated heterocycles. The molecule has 15 nitrogen and oxygen atoms in total. The summed E-state index contributed by atoms with van der Waals surface area (Å²) in [5.41, 5.74) is 1.55. The van der Waals surface area contributed by atoms with Gasteiger partial charge in [0.1, 0.15) is 22.7 Å². The van der Waals surface area contributed by atoms with Crippen LogP contribution in [-0.4, -0.2) is 91.3 Å². The summed E-state index contributed by atoms with van der Waals surface area (Å²) in [4.78, 5) is 72.3. The number of esters is 4. The smallest absolute Gasteiger partial charge is 0.351 e. The minimum atomic E-state index is -1.15. The van der Waals surface area contributed by atoms with E-state index in [-0.39, 0.29) is 34.5 Å². The summed E-state index contributed by atoms with van der Waals surface area (Å²) in [6.07, 6.45) is 0. The fourth-order valence-corrected chi connectivity index (χ4v) is 9.46. The molecule has 6 aromatic rings. The number of aliphatic carboxylic acids is 1. The Morgan fingerprint density at radius 2 is 0.926 bits per heavy atom. The monoisotopic (exact) mass is 1050 g/mol. The van der Waals surface area contributed by atoms with Gasteiger partial charge in [-0.25, -0.2) is 28.8 Å². The van der Waals surface area contributed by atoms with Crippen LogP contribution in [0.1, 0.15) is 70.6 Å². The Hall–Kier alpha value is -6.54. The quantitative estimate of drug-likeness (QED) is 0.0724. The van der Waals surface area contributed by atoms with E-state index in [4.69, 9.17) is 43.4 Å². The molecule has 3 aromatic heterocycles. The van der Waals surface area contributed by atoms with E-state index < -0.39 is 53.6 Å². The number of carboxylic acid groups (broad SMARTS) is 2. The van der Waals surface area contributed by atoms with Crippen molar-refractivity contribution in [2.45, 2.75) is 52.7 Å². The molecule has 19 heteroatoms. The molecule has 0 aliphatic rings. The Balaban J connectivity index is 0.000000225. The van der Waals surface area contributed by atoms with Crippen LogP contribution in [0.4, 0.5) is 0 Å². The lowest BCUT2D eigenvalue weighted by atomic mass is 10.2. The second-order valence-electron chi connectivity index (χ2n) is 15.8. The molecule has 2 N–H and O–H groups in total. The normalized spacial score (nSPS) is 10.8. The summed E-state index contributed by atoms with van der Waals surface area (Å²) in [6.45, 7) is 9.54. The van der Waals surface area contributed by atoms with E-state index in [9.17, 15) is 28.8 Å². The van der Waals surface area contributed by atoms with Crippen molar-refractivity contribution < 1.29 is 72.1 Å². The van der Waals surface area contributed by atoms with Crippen LogP contribution in [0.15, 0.2) is 108 Å². The van der Waals surface area contributed by atoms with Crippen molar-refractivity contribution in [3.63, 3.8) is 0 Å². The Morgan fingerprint density at radius 3 is 1.35 bits per heavy atom. The number of hydrogen-bond donors (Lipinski definition) is 2. The third kappa shape index (κ3) is 16.7. The molecule has 6 rings (SSSR count). The number of ether oxygens (including phenoxy) is 7. The summed E-state index contributed by atoms with van der Waals surface area (Å²) in [6, 6.07) is 31.7. The Bertz CT molecular complexity index is 2660. The van der Waals surface area contributed by atoms with Gasteiger partial charge in [-0.05, 0) is 86.3 Å². The molecule has 0 saturated carbocycles. The van der Waals surface area contributed by atoms with Gasteiger partial charge in [-0.3, -0.25) is 0 Å². The maximum Gasteiger partial charge on any atom is 0.351 e. The largest absolute Gasteiger partial charge is 0.480 e. The lowest BCUT2D eigenvalue weighted by Gasteiger charge is -2.19.